The highest BCUT2D eigenvalue weighted by Gasteiger charge is 2.19. The Morgan fingerprint density at radius 1 is 1.21 bits per heavy atom. The normalized spacial score (nSPS) is 11.7. The van der Waals surface area contributed by atoms with E-state index in [2.05, 4.69) is 31.4 Å². The van der Waals surface area contributed by atoms with Gasteiger partial charge < -0.3 is 19.4 Å². The van der Waals surface area contributed by atoms with Gasteiger partial charge in [-0.25, -0.2) is 0 Å². The molecule has 3 aromatic rings. The lowest BCUT2D eigenvalue weighted by Gasteiger charge is -2.16. The van der Waals surface area contributed by atoms with E-state index in [-0.39, 0.29) is 17.8 Å². The van der Waals surface area contributed by atoms with Crippen LogP contribution in [0.2, 0.25) is 0 Å². The van der Waals surface area contributed by atoms with Crippen LogP contribution < -0.4 is 14.8 Å². The molecule has 1 N–H and O–H groups in total. The number of halogens is 1. The molecular weight excluding hydrogens is 456 g/mol. The molecule has 1 atom stereocenters. The molecule has 0 fully saturated rings. The molecule has 29 heavy (non-hydrogen) atoms. The van der Waals surface area contributed by atoms with Crippen molar-refractivity contribution >= 4 is 39.3 Å². The third kappa shape index (κ3) is 5.51. The first-order valence-corrected chi connectivity index (χ1v) is 10.6. The molecule has 0 saturated heterocycles. The fraction of sp³-hybridized carbons (Fsp3) is 0.250. The number of methoxy groups -OCH3 is 1. The molecule has 2 aromatic carbocycles. The maximum absolute atomic E-state index is 12.2. The van der Waals surface area contributed by atoms with Crippen LogP contribution in [-0.4, -0.2) is 33.5 Å². The Morgan fingerprint density at radius 2 is 1.97 bits per heavy atom. The van der Waals surface area contributed by atoms with Gasteiger partial charge in [0.2, 0.25) is 5.91 Å². The van der Waals surface area contributed by atoms with E-state index >= 15 is 0 Å². The molecule has 9 heteroatoms. The van der Waals surface area contributed by atoms with Gasteiger partial charge in [0, 0.05) is 17.2 Å². The van der Waals surface area contributed by atoms with Crippen molar-refractivity contribution in [2.45, 2.75) is 18.2 Å². The Labute approximate surface area is 181 Å². The van der Waals surface area contributed by atoms with Gasteiger partial charge in [-0.15, -0.1) is 10.2 Å². The molecule has 3 rings (SSSR count). The number of amides is 1. The number of nitrogens with one attached hydrogen (secondary N) is 1. The topological polar surface area (TPSA) is 78.3 Å². The predicted molar refractivity (Wildman–Crippen MR) is 117 cm³/mol. The Morgan fingerprint density at radius 3 is 2.69 bits per heavy atom. The summed E-state index contributed by atoms with van der Waals surface area (Å²) < 4.78 is 14.0. The molecule has 1 heterocycles. The zero-order valence-corrected chi connectivity index (χ0v) is 18.7. The van der Waals surface area contributed by atoms with Crippen molar-refractivity contribution in [1.29, 1.82) is 0 Å². The third-order valence-electron chi connectivity index (χ3n) is 4.05. The Hall–Kier alpha value is -2.52. The van der Waals surface area contributed by atoms with E-state index in [1.807, 2.05) is 67.1 Å². The summed E-state index contributed by atoms with van der Waals surface area (Å²) in [7, 11) is 3.45. The van der Waals surface area contributed by atoms with Crippen molar-refractivity contribution in [3.8, 4) is 11.5 Å². The molecule has 0 aliphatic heterocycles. The molecule has 152 valence electrons. The first-order chi connectivity index (χ1) is 14.0. The maximum atomic E-state index is 12.2. The van der Waals surface area contributed by atoms with Gasteiger partial charge in [0.1, 0.15) is 0 Å². The second-order valence-corrected chi connectivity index (χ2v) is 8.02. The number of hydrogen-bond acceptors (Lipinski definition) is 6. The first-order valence-electron chi connectivity index (χ1n) is 8.85. The lowest BCUT2D eigenvalue weighted by Crippen LogP contribution is -2.15. The smallest absolute Gasteiger partial charge is 0.234 e. The monoisotopic (exact) mass is 476 g/mol. The van der Waals surface area contributed by atoms with Crippen molar-refractivity contribution in [3.05, 3.63) is 58.8 Å². The number of aromatic nitrogens is 3. The number of carbonyl (C=O) groups excluding carboxylic acids is 1. The minimum absolute atomic E-state index is 0.115. The van der Waals surface area contributed by atoms with Gasteiger partial charge >= 0.3 is 0 Å². The van der Waals surface area contributed by atoms with Crippen LogP contribution in [0, 0.1) is 0 Å². The number of carbonyl (C=O) groups is 1. The maximum Gasteiger partial charge on any atom is 0.234 e. The Kier molecular flexibility index (Phi) is 7.16. The van der Waals surface area contributed by atoms with Crippen LogP contribution >= 0.6 is 27.7 Å². The SMILES string of the molecule is COc1ccccc1OC(C)c1nnc(SCC(=O)Nc2cccc(Br)c2)n1C. The van der Waals surface area contributed by atoms with Crippen LogP contribution in [0.1, 0.15) is 18.9 Å². The average molecular weight is 477 g/mol. The molecule has 1 aromatic heterocycles. The van der Waals surface area contributed by atoms with Crippen LogP contribution in [-0.2, 0) is 11.8 Å². The number of nitrogens with zero attached hydrogens (tertiary/aromatic N) is 3. The average Bonchev–Trinajstić information content (AvgIpc) is 3.07. The van der Waals surface area contributed by atoms with Gasteiger partial charge in [-0.3, -0.25) is 4.79 Å². The van der Waals surface area contributed by atoms with Crippen molar-refractivity contribution < 1.29 is 14.3 Å². The summed E-state index contributed by atoms with van der Waals surface area (Å²) >= 11 is 4.70. The first kappa shape index (κ1) is 21.2. The predicted octanol–water partition coefficient (Wildman–Crippen LogP) is 4.46. The summed E-state index contributed by atoms with van der Waals surface area (Å²) in [6, 6.07) is 14.9. The highest BCUT2D eigenvalue weighted by Crippen LogP contribution is 2.30. The van der Waals surface area contributed by atoms with Crippen LogP contribution in [0.4, 0.5) is 5.69 Å². The molecule has 7 nitrogen and oxygen atoms in total. The van der Waals surface area contributed by atoms with Crippen LogP contribution in [0.3, 0.4) is 0 Å². The minimum Gasteiger partial charge on any atom is -0.493 e. The van der Waals surface area contributed by atoms with Crippen molar-refractivity contribution in [3.63, 3.8) is 0 Å². The van der Waals surface area contributed by atoms with Gasteiger partial charge in [-0.1, -0.05) is 45.9 Å². The molecule has 1 unspecified atom stereocenters. The molecular formula is C20H21BrN4O3S. The van der Waals surface area contributed by atoms with Crippen molar-refractivity contribution in [2.24, 2.45) is 7.05 Å². The third-order valence-corrected chi connectivity index (χ3v) is 5.56. The molecule has 1 amide bonds. The number of thioether (sulfide) groups is 1. The standard InChI is InChI=1S/C20H21BrN4O3S/c1-13(28-17-10-5-4-9-16(17)27-3)19-23-24-20(25(19)2)29-12-18(26)22-15-8-6-7-14(21)11-15/h4-11,13H,12H2,1-3H3,(H,22,26). The Balaban J connectivity index is 1.60. The lowest BCUT2D eigenvalue weighted by molar-refractivity contribution is -0.113. The summed E-state index contributed by atoms with van der Waals surface area (Å²) in [6.45, 7) is 1.89. The van der Waals surface area contributed by atoms with Gasteiger partial charge in [-0.2, -0.15) is 0 Å². The van der Waals surface area contributed by atoms with Crippen molar-refractivity contribution in [2.75, 3.05) is 18.2 Å². The largest absolute Gasteiger partial charge is 0.493 e. The number of hydrogen-bond donors (Lipinski definition) is 1. The summed E-state index contributed by atoms with van der Waals surface area (Å²) in [6.07, 6.45) is -0.339. The van der Waals surface area contributed by atoms with E-state index in [1.54, 1.807) is 7.11 Å². The summed E-state index contributed by atoms with van der Waals surface area (Å²) in [5.74, 6) is 2.05. The number of benzene rings is 2. The quantitative estimate of drug-likeness (QED) is 0.483. The number of ether oxygens (including phenoxy) is 2. The second kappa shape index (κ2) is 9.80. The number of anilines is 1. The summed E-state index contributed by atoms with van der Waals surface area (Å²) in [4.78, 5) is 12.2. The number of para-hydroxylation sites is 2. The molecule has 0 radical (unpaired) electrons. The van der Waals surface area contributed by atoms with E-state index < -0.39 is 0 Å². The second-order valence-electron chi connectivity index (χ2n) is 6.16. The van der Waals surface area contributed by atoms with Crippen molar-refractivity contribution in [1.82, 2.24) is 14.8 Å². The lowest BCUT2D eigenvalue weighted by atomic mass is 10.3. The van der Waals surface area contributed by atoms with E-state index in [0.29, 0.717) is 22.5 Å². The highest BCUT2D eigenvalue weighted by atomic mass is 79.9. The summed E-state index contributed by atoms with van der Waals surface area (Å²) in [5.41, 5.74) is 0.738. The van der Waals surface area contributed by atoms with E-state index in [1.165, 1.54) is 11.8 Å². The molecule has 0 saturated carbocycles. The van der Waals surface area contributed by atoms with Crippen LogP contribution in [0.15, 0.2) is 58.2 Å². The molecule has 0 spiro atoms. The van der Waals surface area contributed by atoms with Gasteiger partial charge in [0.25, 0.3) is 0 Å². The van der Waals surface area contributed by atoms with Crippen LogP contribution in [0.5, 0.6) is 11.5 Å². The molecule has 0 bridgehead atoms. The zero-order valence-electron chi connectivity index (χ0n) is 16.3. The number of rotatable bonds is 8. The fourth-order valence-electron chi connectivity index (χ4n) is 2.66. The fourth-order valence-corrected chi connectivity index (χ4v) is 3.78. The molecule has 0 aliphatic carbocycles. The zero-order chi connectivity index (χ0) is 20.8. The van der Waals surface area contributed by atoms with Gasteiger partial charge in [-0.05, 0) is 37.3 Å². The Bertz CT molecular complexity index is 995. The van der Waals surface area contributed by atoms with Crippen LogP contribution in [0.25, 0.3) is 0 Å². The van der Waals surface area contributed by atoms with Gasteiger partial charge in [0.15, 0.2) is 28.6 Å². The summed E-state index contributed by atoms with van der Waals surface area (Å²) in [5, 5.41) is 11.9. The van der Waals surface area contributed by atoms with E-state index in [9.17, 15) is 4.79 Å². The van der Waals surface area contributed by atoms with E-state index in [4.69, 9.17) is 9.47 Å². The highest BCUT2D eigenvalue weighted by molar-refractivity contribution is 9.10. The minimum atomic E-state index is -0.339. The molecule has 0 aliphatic rings. The van der Waals surface area contributed by atoms with E-state index in [0.717, 1.165) is 10.2 Å². The van der Waals surface area contributed by atoms with Gasteiger partial charge in [0.05, 0.1) is 12.9 Å².